The summed E-state index contributed by atoms with van der Waals surface area (Å²) in [7, 11) is 0. The van der Waals surface area contributed by atoms with Crippen LogP contribution in [0.5, 0.6) is 0 Å². The van der Waals surface area contributed by atoms with Crippen LogP contribution in [0, 0.1) is 0 Å². The number of hydrogen-bond donors (Lipinski definition) is 1. The standard InChI is InChI=1S/C18H25NO3/c1-6-8-17(21)22-11-16(20)19-18-14(12(2)3)9-7-10-15(18)13(4)5/h6-10,12-13H,11H2,1-5H3,(H,19,20)/b8-6+. The van der Waals surface area contributed by atoms with E-state index in [0.29, 0.717) is 11.8 Å². The van der Waals surface area contributed by atoms with Crippen LogP contribution in [-0.4, -0.2) is 18.5 Å². The van der Waals surface area contributed by atoms with Gasteiger partial charge in [0.2, 0.25) is 0 Å². The average molecular weight is 303 g/mol. The number of hydrogen-bond acceptors (Lipinski definition) is 3. The number of carbonyl (C=O) groups excluding carboxylic acids is 2. The summed E-state index contributed by atoms with van der Waals surface area (Å²) in [6.45, 7) is 9.77. The van der Waals surface area contributed by atoms with Gasteiger partial charge < -0.3 is 10.1 Å². The van der Waals surface area contributed by atoms with E-state index >= 15 is 0 Å². The minimum absolute atomic E-state index is 0.285. The maximum atomic E-state index is 12.1. The van der Waals surface area contributed by atoms with E-state index in [2.05, 4.69) is 33.0 Å². The number of benzene rings is 1. The highest BCUT2D eigenvalue weighted by Gasteiger charge is 2.16. The summed E-state index contributed by atoms with van der Waals surface area (Å²) in [5.41, 5.74) is 3.00. The molecule has 0 saturated heterocycles. The molecule has 0 bridgehead atoms. The van der Waals surface area contributed by atoms with Crippen molar-refractivity contribution in [2.24, 2.45) is 0 Å². The Labute approximate surface area is 132 Å². The van der Waals surface area contributed by atoms with Crippen LogP contribution in [0.2, 0.25) is 0 Å². The molecular formula is C18H25NO3. The second kappa shape index (κ2) is 8.37. The summed E-state index contributed by atoms with van der Waals surface area (Å²) in [6.07, 6.45) is 2.86. The predicted octanol–water partition coefficient (Wildman–Crippen LogP) is 3.99. The number of allylic oxidation sites excluding steroid dienone is 1. The third-order valence-corrected chi connectivity index (χ3v) is 3.29. The maximum Gasteiger partial charge on any atom is 0.330 e. The Bertz CT molecular complexity index is 533. The fourth-order valence-corrected chi connectivity index (χ4v) is 2.19. The smallest absolute Gasteiger partial charge is 0.330 e. The van der Waals surface area contributed by atoms with Crippen molar-refractivity contribution in [1.82, 2.24) is 0 Å². The third kappa shape index (κ3) is 5.02. The molecular weight excluding hydrogens is 278 g/mol. The Hall–Kier alpha value is -2.10. The van der Waals surface area contributed by atoms with E-state index in [4.69, 9.17) is 4.74 Å². The first-order valence-electron chi connectivity index (χ1n) is 7.58. The molecule has 0 atom stereocenters. The number of carbonyl (C=O) groups is 2. The zero-order valence-electron chi connectivity index (χ0n) is 14.0. The van der Waals surface area contributed by atoms with Gasteiger partial charge in [-0.2, -0.15) is 0 Å². The van der Waals surface area contributed by atoms with Gasteiger partial charge >= 0.3 is 5.97 Å². The van der Waals surface area contributed by atoms with Crippen LogP contribution < -0.4 is 5.32 Å². The van der Waals surface area contributed by atoms with Gasteiger partial charge in [0.25, 0.3) is 5.91 Å². The van der Waals surface area contributed by atoms with Crippen LogP contribution in [0.4, 0.5) is 5.69 Å². The van der Waals surface area contributed by atoms with Crippen molar-refractivity contribution < 1.29 is 14.3 Å². The molecule has 0 spiro atoms. The Morgan fingerprint density at radius 2 is 1.68 bits per heavy atom. The molecule has 0 aliphatic carbocycles. The first kappa shape index (κ1) is 18.0. The number of anilines is 1. The number of ether oxygens (including phenoxy) is 1. The van der Waals surface area contributed by atoms with Gasteiger partial charge in [-0.1, -0.05) is 52.0 Å². The van der Waals surface area contributed by atoms with Crippen LogP contribution in [0.25, 0.3) is 0 Å². The molecule has 1 rings (SSSR count). The predicted molar refractivity (Wildman–Crippen MR) is 89.0 cm³/mol. The van der Waals surface area contributed by atoms with Gasteiger partial charge in [-0.05, 0) is 29.9 Å². The van der Waals surface area contributed by atoms with Crippen LogP contribution in [0.15, 0.2) is 30.4 Å². The number of nitrogens with one attached hydrogen (secondary N) is 1. The molecule has 1 aromatic carbocycles. The molecule has 22 heavy (non-hydrogen) atoms. The lowest BCUT2D eigenvalue weighted by Crippen LogP contribution is -2.22. The zero-order chi connectivity index (χ0) is 16.7. The Morgan fingerprint density at radius 3 is 2.14 bits per heavy atom. The summed E-state index contributed by atoms with van der Waals surface area (Å²) in [5, 5.41) is 2.90. The molecule has 4 nitrogen and oxygen atoms in total. The van der Waals surface area contributed by atoms with Gasteiger partial charge in [-0.3, -0.25) is 4.79 Å². The normalized spacial score (nSPS) is 11.2. The lowest BCUT2D eigenvalue weighted by Gasteiger charge is -2.20. The second-order valence-electron chi connectivity index (χ2n) is 5.78. The van der Waals surface area contributed by atoms with Gasteiger partial charge in [0.1, 0.15) is 0 Å². The molecule has 0 unspecified atom stereocenters. The Kier molecular flexibility index (Phi) is 6.83. The highest BCUT2D eigenvalue weighted by Crippen LogP contribution is 2.32. The van der Waals surface area contributed by atoms with Crippen molar-refractivity contribution in [2.75, 3.05) is 11.9 Å². The topological polar surface area (TPSA) is 55.4 Å². The fraction of sp³-hybridized carbons (Fsp3) is 0.444. The average Bonchev–Trinajstić information content (AvgIpc) is 2.45. The number of esters is 1. The molecule has 1 aromatic rings. The molecule has 0 aliphatic heterocycles. The van der Waals surface area contributed by atoms with Gasteiger partial charge in [-0.25, -0.2) is 4.79 Å². The largest absolute Gasteiger partial charge is 0.452 e. The van der Waals surface area contributed by atoms with Crippen LogP contribution in [-0.2, 0) is 14.3 Å². The molecule has 0 heterocycles. The molecule has 120 valence electrons. The minimum atomic E-state index is -0.515. The van der Waals surface area contributed by atoms with E-state index in [9.17, 15) is 9.59 Å². The number of para-hydroxylation sites is 1. The second-order valence-corrected chi connectivity index (χ2v) is 5.78. The van der Waals surface area contributed by atoms with Crippen molar-refractivity contribution >= 4 is 17.6 Å². The highest BCUT2D eigenvalue weighted by molar-refractivity contribution is 5.95. The van der Waals surface area contributed by atoms with Crippen molar-refractivity contribution in [3.63, 3.8) is 0 Å². The molecule has 4 heteroatoms. The van der Waals surface area contributed by atoms with Crippen molar-refractivity contribution in [3.05, 3.63) is 41.5 Å². The van der Waals surface area contributed by atoms with Crippen LogP contribution in [0.1, 0.15) is 57.6 Å². The van der Waals surface area contributed by atoms with E-state index in [1.807, 2.05) is 18.2 Å². The van der Waals surface area contributed by atoms with Gasteiger partial charge in [0, 0.05) is 11.8 Å². The highest BCUT2D eigenvalue weighted by atomic mass is 16.5. The monoisotopic (exact) mass is 303 g/mol. The molecule has 0 fully saturated rings. The third-order valence-electron chi connectivity index (χ3n) is 3.29. The SMILES string of the molecule is C/C=C/C(=O)OCC(=O)Nc1c(C(C)C)cccc1C(C)C. The quantitative estimate of drug-likeness (QED) is 0.638. The molecule has 1 N–H and O–H groups in total. The molecule has 0 saturated carbocycles. The lowest BCUT2D eigenvalue weighted by atomic mass is 9.92. The van der Waals surface area contributed by atoms with E-state index in [1.54, 1.807) is 13.0 Å². The molecule has 1 amide bonds. The summed E-state index contributed by atoms with van der Waals surface area (Å²) in [6, 6.07) is 6.03. The van der Waals surface area contributed by atoms with Gasteiger partial charge in [0.15, 0.2) is 6.61 Å². The fourth-order valence-electron chi connectivity index (χ4n) is 2.19. The Morgan fingerprint density at radius 1 is 1.14 bits per heavy atom. The molecule has 0 radical (unpaired) electrons. The van der Waals surface area contributed by atoms with Crippen LogP contribution in [0.3, 0.4) is 0 Å². The number of rotatable bonds is 6. The minimum Gasteiger partial charge on any atom is -0.452 e. The summed E-state index contributed by atoms with van der Waals surface area (Å²) < 4.78 is 4.88. The van der Waals surface area contributed by atoms with Crippen molar-refractivity contribution in [3.8, 4) is 0 Å². The zero-order valence-corrected chi connectivity index (χ0v) is 14.0. The molecule has 0 aromatic heterocycles. The van der Waals surface area contributed by atoms with E-state index in [1.165, 1.54) is 6.08 Å². The maximum absolute atomic E-state index is 12.1. The van der Waals surface area contributed by atoms with Gasteiger partial charge in [-0.15, -0.1) is 0 Å². The first-order valence-corrected chi connectivity index (χ1v) is 7.58. The summed E-state index contributed by atoms with van der Waals surface area (Å²) in [4.78, 5) is 23.3. The Balaban J connectivity index is 2.91. The first-order chi connectivity index (χ1) is 10.4. The van der Waals surface area contributed by atoms with Crippen LogP contribution >= 0.6 is 0 Å². The summed E-state index contributed by atoms with van der Waals surface area (Å²) >= 11 is 0. The number of amides is 1. The van der Waals surface area contributed by atoms with E-state index in [-0.39, 0.29) is 12.5 Å². The molecule has 0 aliphatic rings. The summed E-state index contributed by atoms with van der Waals surface area (Å²) in [5.74, 6) is -0.258. The van der Waals surface area contributed by atoms with Crippen molar-refractivity contribution in [1.29, 1.82) is 0 Å². The lowest BCUT2D eigenvalue weighted by molar-refractivity contribution is -0.142. The van der Waals surface area contributed by atoms with E-state index in [0.717, 1.165) is 16.8 Å². The van der Waals surface area contributed by atoms with Gasteiger partial charge in [0.05, 0.1) is 0 Å². The van der Waals surface area contributed by atoms with Crippen molar-refractivity contribution in [2.45, 2.75) is 46.5 Å². The van der Waals surface area contributed by atoms with E-state index < -0.39 is 5.97 Å².